The zero-order valence-electron chi connectivity index (χ0n) is 14.3. The molecular weight excluding hydrogens is 341 g/mol. The summed E-state index contributed by atoms with van der Waals surface area (Å²) < 4.78 is 13.2. The van der Waals surface area contributed by atoms with Crippen LogP contribution in [0.4, 0.5) is 4.39 Å². The summed E-state index contributed by atoms with van der Waals surface area (Å²) in [6.07, 6.45) is 5.56. The second-order valence-electron chi connectivity index (χ2n) is 6.27. The number of nitrogens with one attached hydrogen (secondary N) is 1. The molecule has 0 bridgehead atoms. The minimum absolute atomic E-state index is 0.220. The zero-order chi connectivity index (χ0) is 18.8. The maximum atomic E-state index is 13.2. The molecule has 0 fully saturated rings. The average molecular weight is 357 g/mol. The fourth-order valence-electron chi connectivity index (χ4n) is 3.07. The monoisotopic (exact) mass is 357 g/mol. The van der Waals surface area contributed by atoms with Crippen LogP contribution in [0.5, 0.6) is 0 Å². The molecule has 1 aromatic heterocycles. The van der Waals surface area contributed by atoms with Crippen LogP contribution in [-0.2, 0) is 0 Å². The molecular formula is C23H16FNO2. The van der Waals surface area contributed by atoms with Gasteiger partial charge in [-0.1, -0.05) is 42.5 Å². The normalized spacial score (nSPS) is 11.3. The summed E-state index contributed by atoms with van der Waals surface area (Å²) in [5.74, 6) is -1.29. The largest absolute Gasteiger partial charge is 0.478 e. The number of carboxylic acid groups (broad SMARTS) is 1. The molecule has 0 aliphatic heterocycles. The SMILES string of the molecule is O=C(O)c1ccc(-c2ccc(F)cc2)cc1C=Cc1ccc2cc[nH]c2c1. The standard InChI is InChI=1S/C23H16FNO2/c24-20-8-5-16(6-9-20)18-7-10-21(23(26)27)19(14-18)4-2-15-1-3-17-11-12-25-22(17)13-15/h1-14,25H,(H,26,27). The van der Waals surface area contributed by atoms with Gasteiger partial charge in [-0.2, -0.15) is 0 Å². The molecule has 3 aromatic carbocycles. The molecule has 27 heavy (non-hydrogen) atoms. The number of carbonyl (C=O) groups is 1. The fraction of sp³-hybridized carbons (Fsp3) is 0. The van der Waals surface area contributed by atoms with Gasteiger partial charge < -0.3 is 10.1 Å². The number of hydrogen-bond donors (Lipinski definition) is 2. The number of rotatable bonds is 4. The Morgan fingerprint density at radius 3 is 2.44 bits per heavy atom. The fourth-order valence-corrected chi connectivity index (χ4v) is 3.07. The number of aromatic carboxylic acids is 1. The van der Waals surface area contributed by atoms with E-state index in [0.29, 0.717) is 5.56 Å². The van der Waals surface area contributed by atoms with Crippen LogP contribution < -0.4 is 0 Å². The Morgan fingerprint density at radius 2 is 1.67 bits per heavy atom. The summed E-state index contributed by atoms with van der Waals surface area (Å²) in [6, 6.07) is 19.3. The van der Waals surface area contributed by atoms with Gasteiger partial charge in [-0.15, -0.1) is 0 Å². The predicted octanol–water partition coefficient (Wildman–Crippen LogP) is 5.84. The quantitative estimate of drug-likeness (QED) is 0.451. The highest BCUT2D eigenvalue weighted by molar-refractivity contribution is 5.95. The Balaban J connectivity index is 1.73. The summed E-state index contributed by atoms with van der Waals surface area (Å²) in [5, 5.41) is 10.6. The lowest BCUT2D eigenvalue weighted by atomic mass is 9.98. The molecule has 0 saturated carbocycles. The van der Waals surface area contributed by atoms with Crippen LogP contribution in [0.1, 0.15) is 21.5 Å². The summed E-state index contributed by atoms with van der Waals surface area (Å²) >= 11 is 0. The second kappa shape index (κ2) is 6.92. The predicted molar refractivity (Wildman–Crippen MR) is 106 cm³/mol. The Hall–Kier alpha value is -3.66. The maximum absolute atomic E-state index is 13.2. The summed E-state index contributed by atoms with van der Waals surface area (Å²) in [5.41, 5.74) is 4.47. The van der Waals surface area contributed by atoms with Crippen LogP contribution in [0, 0.1) is 5.82 Å². The smallest absolute Gasteiger partial charge is 0.336 e. The molecule has 0 amide bonds. The molecule has 3 nitrogen and oxygen atoms in total. The van der Waals surface area contributed by atoms with E-state index in [1.54, 1.807) is 36.4 Å². The molecule has 0 unspecified atom stereocenters. The van der Waals surface area contributed by atoms with Gasteiger partial charge in [0.25, 0.3) is 0 Å². The third-order valence-electron chi connectivity index (χ3n) is 4.49. The van der Waals surface area contributed by atoms with E-state index in [4.69, 9.17) is 0 Å². The molecule has 1 heterocycles. The molecule has 2 N–H and O–H groups in total. The van der Waals surface area contributed by atoms with E-state index >= 15 is 0 Å². The van der Waals surface area contributed by atoms with Crippen molar-refractivity contribution >= 4 is 29.0 Å². The first-order chi connectivity index (χ1) is 13.1. The van der Waals surface area contributed by atoms with Gasteiger partial charge >= 0.3 is 5.97 Å². The highest BCUT2D eigenvalue weighted by atomic mass is 19.1. The van der Waals surface area contributed by atoms with Crippen LogP contribution in [-0.4, -0.2) is 16.1 Å². The highest BCUT2D eigenvalue weighted by Crippen LogP contribution is 2.25. The topological polar surface area (TPSA) is 53.1 Å². The van der Waals surface area contributed by atoms with E-state index in [-0.39, 0.29) is 11.4 Å². The Labute approximate surface area is 155 Å². The third kappa shape index (κ3) is 3.51. The first kappa shape index (κ1) is 16.8. The molecule has 0 aliphatic rings. The molecule has 132 valence electrons. The van der Waals surface area contributed by atoms with Crippen LogP contribution in [0.2, 0.25) is 0 Å². The zero-order valence-corrected chi connectivity index (χ0v) is 14.3. The second-order valence-corrected chi connectivity index (χ2v) is 6.27. The van der Waals surface area contributed by atoms with Crippen LogP contribution in [0.25, 0.3) is 34.2 Å². The van der Waals surface area contributed by atoms with Gasteiger partial charge in [-0.25, -0.2) is 9.18 Å². The van der Waals surface area contributed by atoms with Crippen molar-refractivity contribution in [1.82, 2.24) is 4.98 Å². The molecule has 0 spiro atoms. The number of H-pyrrole nitrogens is 1. The lowest BCUT2D eigenvalue weighted by Crippen LogP contribution is -1.99. The average Bonchev–Trinajstić information content (AvgIpc) is 3.14. The molecule has 0 atom stereocenters. The maximum Gasteiger partial charge on any atom is 0.336 e. The molecule has 0 aliphatic carbocycles. The van der Waals surface area contributed by atoms with Gasteiger partial charge in [0.15, 0.2) is 0 Å². The van der Waals surface area contributed by atoms with Crippen molar-refractivity contribution in [2.24, 2.45) is 0 Å². The number of halogens is 1. The number of benzene rings is 3. The minimum Gasteiger partial charge on any atom is -0.478 e. The van der Waals surface area contributed by atoms with E-state index in [1.165, 1.54) is 12.1 Å². The number of fused-ring (bicyclic) bond motifs is 1. The Kier molecular flexibility index (Phi) is 4.30. The molecule has 4 heteroatoms. The first-order valence-electron chi connectivity index (χ1n) is 8.49. The van der Waals surface area contributed by atoms with E-state index in [0.717, 1.165) is 27.6 Å². The van der Waals surface area contributed by atoms with Crippen molar-refractivity contribution in [1.29, 1.82) is 0 Å². The third-order valence-corrected chi connectivity index (χ3v) is 4.49. The highest BCUT2D eigenvalue weighted by Gasteiger charge is 2.10. The molecule has 4 aromatic rings. The molecule has 4 rings (SSSR count). The number of hydrogen-bond acceptors (Lipinski definition) is 1. The van der Waals surface area contributed by atoms with Gasteiger partial charge in [0.2, 0.25) is 0 Å². The van der Waals surface area contributed by atoms with Crippen molar-refractivity contribution < 1.29 is 14.3 Å². The lowest BCUT2D eigenvalue weighted by Gasteiger charge is -2.07. The summed E-state index contributed by atoms with van der Waals surface area (Å²) in [7, 11) is 0. The number of aromatic amines is 1. The van der Waals surface area contributed by atoms with Gasteiger partial charge in [0.1, 0.15) is 5.82 Å². The van der Waals surface area contributed by atoms with Crippen molar-refractivity contribution in [3.8, 4) is 11.1 Å². The van der Waals surface area contributed by atoms with Crippen molar-refractivity contribution in [2.75, 3.05) is 0 Å². The van der Waals surface area contributed by atoms with E-state index in [2.05, 4.69) is 4.98 Å². The van der Waals surface area contributed by atoms with E-state index in [1.807, 2.05) is 36.5 Å². The van der Waals surface area contributed by atoms with Crippen LogP contribution in [0.3, 0.4) is 0 Å². The van der Waals surface area contributed by atoms with Gasteiger partial charge in [0, 0.05) is 11.7 Å². The van der Waals surface area contributed by atoms with E-state index in [9.17, 15) is 14.3 Å². The van der Waals surface area contributed by atoms with E-state index < -0.39 is 5.97 Å². The van der Waals surface area contributed by atoms with Crippen LogP contribution in [0.15, 0.2) is 72.9 Å². The molecule has 0 radical (unpaired) electrons. The first-order valence-corrected chi connectivity index (χ1v) is 8.49. The van der Waals surface area contributed by atoms with Crippen molar-refractivity contribution in [3.63, 3.8) is 0 Å². The van der Waals surface area contributed by atoms with Crippen molar-refractivity contribution in [3.05, 3.63) is 95.4 Å². The Bertz CT molecular complexity index is 1160. The summed E-state index contributed by atoms with van der Waals surface area (Å²) in [6.45, 7) is 0. The summed E-state index contributed by atoms with van der Waals surface area (Å²) in [4.78, 5) is 14.7. The van der Waals surface area contributed by atoms with Crippen molar-refractivity contribution in [2.45, 2.75) is 0 Å². The lowest BCUT2D eigenvalue weighted by molar-refractivity contribution is 0.0696. The molecule has 0 saturated heterocycles. The van der Waals surface area contributed by atoms with Crippen LogP contribution >= 0.6 is 0 Å². The number of aromatic nitrogens is 1. The minimum atomic E-state index is -0.986. The van der Waals surface area contributed by atoms with Gasteiger partial charge in [-0.05, 0) is 64.0 Å². The Morgan fingerprint density at radius 1 is 0.889 bits per heavy atom. The van der Waals surface area contributed by atoms with Gasteiger partial charge in [-0.3, -0.25) is 0 Å². The van der Waals surface area contributed by atoms with Gasteiger partial charge in [0.05, 0.1) is 5.56 Å². The number of carboxylic acids is 1.